The van der Waals surface area contributed by atoms with Crippen LogP contribution in [-0.4, -0.2) is 39.5 Å². The molecule has 0 saturated carbocycles. The number of anilines is 1. The molecule has 0 aliphatic rings. The van der Waals surface area contributed by atoms with Gasteiger partial charge in [0.25, 0.3) is 10.0 Å². The fraction of sp³-hybridized carbons (Fsp3) is 0.167. The third-order valence-corrected chi connectivity index (χ3v) is 5.23. The number of nitrogens with one attached hydrogen (secondary N) is 1. The molecular weight excluding hydrogens is 370 g/mol. The molecule has 2 aromatic carbocycles. The fourth-order valence-corrected chi connectivity index (χ4v) is 3.59. The van der Waals surface area contributed by atoms with Crippen molar-refractivity contribution in [2.45, 2.75) is 4.90 Å². The molecule has 1 N–H and O–H groups in total. The van der Waals surface area contributed by atoms with Crippen LogP contribution >= 0.6 is 0 Å². The lowest BCUT2D eigenvalue weighted by Gasteiger charge is -2.15. The summed E-state index contributed by atoms with van der Waals surface area (Å²) in [4.78, 5) is 0.118. The van der Waals surface area contributed by atoms with Gasteiger partial charge >= 0.3 is 0 Å². The minimum absolute atomic E-state index is 0.118. The molecule has 9 heteroatoms. The van der Waals surface area contributed by atoms with Crippen molar-refractivity contribution >= 4 is 15.7 Å². The van der Waals surface area contributed by atoms with Gasteiger partial charge in [0.05, 0.1) is 37.6 Å². The van der Waals surface area contributed by atoms with E-state index in [9.17, 15) is 8.42 Å². The number of hydrogen-bond acceptors (Lipinski definition) is 6. The number of rotatable bonds is 7. The SMILES string of the molecule is COc1cc(NS(=O)(=O)c2ccc(-n3cccn3)cc2)cc(OC)c1OC. The van der Waals surface area contributed by atoms with Gasteiger partial charge in [-0.3, -0.25) is 4.72 Å². The molecule has 142 valence electrons. The van der Waals surface area contributed by atoms with E-state index in [0.717, 1.165) is 5.69 Å². The van der Waals surface area contributed by atoms with Crippen molar-refractivity contribution in [1.82, 2.24) is 9.78 Å². The van der Waals surface area contributed by atoms with Crippen LogP contribution in [0.25, 0.3) is 5.69 Å². The highest BCUT2D eigenvalue weighted by atomic mass is 32.2. The largest absolute Gasteiger partial charge is 0.493 e. The van der Waals surface area contributed by atoms with Crippen LogP contribution in [-0.2, 0) is 10.0 Å². The van der Waals surface area contributed by atoms with E-state index in [2.05, 4.69) is 9.82 Å². The molecule has 0 unspecified atom stereocenters. The van der Waals surface area contributed by atoms with Gasteiger partial charge in [-0.15, -0.1) is 0 Å². The standard InChI is InChI=1S/C18H19N3O5S/c1-24-16-11-13(12-17(25-2)18(16)26-3)20-27(22,23)15-7-5-14(6-8-15)21-10-4-9-19-21/h4-12,20H,1-3H3. The number of aromatic nitrogens is 2. The minimum Gasteiger partial charge on any atom is -0.493 e. The van der Waals surface area contributed by atoms with E-state index >= 15 is 0 Å². The molecule has 3 rings (SSSR count). The van der Waals surface area contributed by atoms with Crippen molar-refractivity contribution in [3.63, 3.8) is 0 Å². The zero-order chi connectivity index (χ0) is 19.4. The summed E-state index contributed by atoms with van der Waals surface area (Å²) >= 11 is 0. The molecule has 0 atom stereocenters. The van der Waals surface area contributed by atoms with E-state index in [1.165, 1.54) is 45.6 Å². The Morgan fingerprint density at radius 3 is 2.07 bits per heavy atom. The lowest BCUT2D eigenvalue weighted by atomic mass is 10.2. The van der Waals surface area contributed by atoms with E-state index in [0.29, 0.717) is 22.9 Å². The van der Waals surface area contributed by atoms with Crippen molar-refractivity contribution in [3.05, 3.63) is 54.9 Å². The van der Waals surface area contributed by atoms with Gasteiger partial charge < -0.3 is 14.2 Å². The predicted octanol–water partition coefficient (Wildman–Crippen LogP) is 2.70. The van der Waals surface area contributed by atoms with Crippen LogP contribution in [0.1, 0.15) is 0 Å². The Morgan fingerprint density at radius 1 is 0.963 bits per heavy atom. The predicted molar refractivity (Wildman–Crippen MR) is 100 cm³/mol. The maximum atomic E-state index is 12.7. The molecule has 3 aromatic rings. The van der Waals surface area contributed by atoms with Crippen LogP contribution in [0.2, 0.25) is 0 Å². The fourth-order valence-electron chi connectivity index (χ4n) is 2.55. The number of sulfonamides is 1. The molecule has 0 bridgehead atoms. The summed E-state index contributed by atoms with van der Waals surface area (Å²) < 4.78 is 45.3. The van der Waals surface area contributed by atoms with Crippen LogP contribution in [0.5, 0.6) is 17.2 Å². The number of methoxy groups -OCH3 is 3. The van der Waals surface area contributed by atoms with Gasteiger partial charge in [-0.25, -0.2) is 13.1 Å². The number of nitrogens with zero attached hydrogens (tertiary/aromatic N) is 2. The Kier molecular flexibility index (Phi) is 5.22. The maximum absolute atomic E-state index is 12.7. The normalized spacial score (nSPS) is 11.1. The van der Waals surface area contributed by atoms with Crippen molar-refractivity contribution < 1.29 is 22.6 Å². The summed E-state index contributed by atoms with van der Waals surface area (Å²) in [6.45, 7) is 0. The summed E-state index contributed by atoms with van der Waals surface area (Å²) in [7, 11) is 0.601. The van der Waals surface area contributed by atoms with Crippen molar-refractivity contribution in [2.75, 3.05) is 26.1 Å². The zero-order valence-corrected chi connectivity index (χ0v) is 15.9. The van der Waals surface area contributed by atoms with Gasteiger partial charge in [0, 0.05) is 24.5 Å². The number of hydrogen-bond donors (Lipinski definition) is 1. The Morgan fingerprint density at radius 2 is 1.59 bits per heavy atom. The lowest BCUT2D eigenvalue weighted by Crippen LogP contribution is -2.13. The van der Waals surface area contributed by atoms with E-state index in [1.807, 2.05) is 0 Å². The Bertz CT molecular complexity index is 991. The van der Waals surface area contributed by atoms with Crippen LogP contribution in [0.15, 0.2) is 59.8 Å². The minimum atomic E-state index is -3.80. The van der Waals surface area contributed by atoms with E-state index in [1.54, 1.807) is 35.3 Å². The van der Waals surface area contributed by atoms with Crippen molar-refractivity contribution in [3.8, 4) is 22.9 Å². The number of ether oxygens (including phenoxy) is 3. The zero-order valence-electron chi connectivity index (χ0n) is 15.0. The van der Waals surface area contributed by atoms with Crippen LogP contribution in [0.4, 0.5) is 5.69 Å². The first-order valence-corrected chi connectivity index (χ1v) is 9.39. The van der Waals surface area contributed by atoms with Crippen LogP contribution in [0, 0.1) is 0 Å². The monoisotopic (exact) mass is 389 g/mol. The lowest BCUT2D eigenvalue weighted by molar-refractivity contribution is 0.325. The van der Waals surface area contributed by atoms with E-state index < -0.39 is 10.0 Å². The molecule has 0 saturated heterocycles. The molecule has 0 aliphatic carbocycles. The Hall–Kier alpha value is -3.20. The van der Waals surface area contributed by atoms with Gasteiger partial charge in [-0.1, -0.05) is 0 Å². The topological polar surface area (TPSA) is 91.7 Å². The van der Waals surface area contributed by atoms with Crippen LogP contribution in [0.3, 0.4) is 0 Å². The molecule has 1 heterocycles. The number of benzene rings is 2. The summed E-state index contributed by atoms with van der Waals surface area (Å²) in [6, 6.07) is 11.2. The summed E-state index contributed by atoms with van der Waals surface area (Å²) in [6.07, 6.45) is 3.42. The van der Waals surface area contributed by atoms with Gasteiger partial charge in [0.1, 0.15) is 0 Å². The smallest absolute Gasteiger partial charge is 0.261 e. The Labute approximate surface area is 157 Å². The van der Waals surface area contributed by atoms with Gasteiger partial charge in [0.2, 0.25) is 5.75 Å². The molecule has 0 aliphatic heterocycles. The molecule has 8 nitrogen and oxygen atoms in total. The molecule has 0 radical (unpaired) electrons. The Balaban J connectivity index is 1.90. The summed E-state index contributed by atoms with van der Waals surface area (Å²) in [5.41, 5.74) is 1.05. The molecule has 27 heavy (non-hydrogen) atoms. The van der Waals surface area contributed by atoms with Crippen LogP contribution < -0.4 is 18.9 Å². The second-order valence-electron chi connectivity index (χ2n) is 5.46. The van der Waals surface area contributed by atoms with E-state index in [-0.39, 0.29) is 4.90 Å². The third-order valence-electron chi connectivity index (χ3n) is 3.83. The molecular formula is C18H19N3O5S. The highest BCUT2D eigenvalue weighted by Crippen LogP contribution is 2.40. The van der Waals surface area contributed by atoms with Crippen molar-refractivity contribution in [1.29, 1.82) is 0 Å². The van der Waals surface area contributed by atoms with Crippen molar-refractivity contribution in [2.24, 2.45) is 0 Å². The second kappa shape index (κ2) is 7.58. The average Bonchev–Trinajstić information content (AvgIpc) is 3.21. The van der Waals surface area contributed by atoms with E-state index in [4.69, 9.17) is 14.2 Å². The summed E-state index contributed by atoms with van der Waals surface area (Å²) in [5, 5.41) is 4.11. The first-order chi connectivity index (χ1) is 13.0. The third kappa shape index (κ3) is 3.82. The average molecular weight is 389 g/mol. The highest BCUT2D eigenvalue weighted by molar-refractivity contribution is 7.92. The maximum Gasteiger partial charge on any atom is 0.261 e. The van der Waals surface area contributed by atoms with Gasteiger partial charge in [-0.05, 0) is 30.3 Å². The molecule has 0 spiro atoms. The summed E-state index contributed by atoms with van der Waals surface area (Å²) in [5.74, 6) is 1.08. The van der Waals surface area contributed by atoms with Gasteiger partial charge in [0.15, 0.2) is 11.5 Å². The molecule has 0 fully saturated rings. The van der Waals surface area contributed by atoms with Gasteiger partial charge in [-0.2, -0.15) is 5.10 Å². The second-order valence-corrected chi connectivity index (χ2v) is 7.15. The highest BCUT2D eigenvalue weighted by Gasteiger charge is 2.18. The molecule has 1 aromatic heterocycles. The first kappa shape index (κ1) is 18.6. The molecule has 0 amide bonds. The quantitative estimate of drug-likeness (QED) is 0.668. The first-order valence-electron chi connectivity index (χ1n) is 7.91.